The van der Waals surface area contributed by atoms with Crippen LogP contribution in [0.25, 0.3) is 0 Å². The van der Waals surface area contributed by atoms with E-state index in [1.807, 2.05) is 0 Å². The number of aromatic nitrogens is 1. The number of hydrogen-bond acceptors (Lipinski definition) is 3. The number of carbonyl (C=O) groups is 3. The summed E-state index contributed by atoms with van der Waals surface area (Å²) in [6.07, 6.45) is 3.35. The van der Waals surface area contributed by atoms with Crippen LogP contribution in [0.2, 0.25) is 0 Å². The normalized spacial score (nSPS) is 14.3. The lowest BCUT2D eigenvalue weighted by atomic mass is 10.2. The molecule has 0 radical (unpaired) electrons. The van der Waals surface area contributed by atoms with Crippen molar-refractivity contribution in [2.75, 3.05) is 19.6 Å². The summed E-state index contributed by atoms with van der Waals surface area (Å²) in [6.45, 7) is 1.56. The number of H-pyrrole nitrogens is 1. The monoisotopic (exact) mass is 279 g/mol. The van der Waals surface area contributed by atoms with Crippen molar-refractivity contribution in [2.24, 2.45) is 0 Å². The van der Waals surface area contributed by atoms with Crippen molar-refractivity contribution in [3.63, 3.8) is 0 Å². The second-order valence-corrected chi connectivity index (χ2v) is 4.70. The van der Waals surface area contributed by atoms with Crippen molar-refractivity contribution in [3.05, 3.63) is 23.5 Å². The summed E-state index contributed by atoms with van der Waals surface area (Å²) in [4.78, 5) is 38.7. The van der Waals surface area contributed by atoms with Crippen LogP contribution in [0.5, 0.6) is 0 Å². The lowest BCUT2D eigenvalue weighted by molar-refractivity contribution is -0.136. The molecule has 1 aromatic rings. The molecule has 0 atom stereocenters. The summed E-state index contributed by atoms with van der Waals surface area (Å²) in [5.74, 6) is -1.46. The fraction of sp³-hybridized carbons (Fsp3) is 0.462. The van der Waals surface area contributed by atoms with E-state index in [-0.39, 0.29) is 24.8 Å². The first-order valence-electron chi connectivity index (χ1n) is 6.55. The summed E-state index contributed by atoms with van der Waals surface area (Å²) in [5, 5.41) is 11.0. The van der Waals surface area contributed by atoms with Crippen LogP contribution in [0.4, 0.5) is 0 Å². The standard InChI is InChI=1S/C13H17N3O4/c17-11(18)3-4-14-12(19)9-7-10(15-8-9)13(20)16-5-1-2-6-16/h7-8,15H,1-6H2,(H,14,19)(H,17,18). The highest BCUT2D eigenvalue weighted by molar-refractivity contribution is 5.99. The molecule has 20 heavy (non-hydrogen) atoms. The molecule has 0 aliphatic carbocycles. The van der Waals surface area contributed by atoms with Gasteiger partial charge in [-0.15, -0.1) is 0 Å². The Bertz CT molecular complexity index is 517. The van der Waals surface area contributed by atoms with E-state index in [2.05, 4.69) is 10.3 Å². The van der Waals surface area contributed by atoms with Crippen molar-refractivity contribution in [1.82, 2.24) is 15.2 Å². The average Bonchev–Trinajstić information content (AvgIpc) is 3.09. The summed E-state index contributed by atoms with van der Waals surface area (Å²) in [7, 11) is 0. The molecule has 108 valence electrons. The number of aromatic amines is 1. The van der Waals surface area contributed by atoms with Crippen LogP contribution in [0.15, 0.2) is 12.3 Å². The van der Waals surface area contributed by atoms with E-state index >= 15 is 0 Å². The Labute approximate surface area is 116 Å². The third kappa shape index (κ3) is 3.37. The van der Waals surface area contributed by atoms with Crippen LogP contribution >= 0.6 is 0 Å². The zero-order valence-electron chi connectivity index (χ0n) is 11.0. The number of amides is 2. The highest BCUT2D eigenvalue weighted by atomic mass is 16.4. The molecule has 1 aromatic heterocycles. The number of nitrogens with one attached hydrogen (secondary N) is 2. The second kappa shape index (κ2) is 6.23. The van der Waals surface area contributed by atoms with Crippen LogP contribution in [-0.2, 0) is 4.79 Å². The molecular formula is C13H17N3O4. The van der Waals surface area contributed by atoms with E-state index in [1.54, 1.807) is 4.90 Å². The number of carboxylic acids is 1. The molecule has 0 aromatic carbocycles. The molecule has 1 aliphatic heterocycles. The van der Waals surface area contributed by atoms with Gasteiger partial charge in [0.2, 0.25) is 0 Å². The summed E-state index contributed by atoms with van der Waals surface area (Å²) in [6, 6.07) is 1.50. The van der Waals surface area contributed by atoms with E-state index in [4.69, 9.17) is 5.11 Å². The predicted octanol–water partition coefficient (Wildman–Crippen LogP) is 0.455. The van der Waals surface area contributed by atoms with E-state index in [1.165, 1.54) is 12.3 Å². The van der Waals surface area contributed by atoms with Gasteiger partial charge in [0, 0.05) is 25.8 Å². The Morgan fingerprint density at radius 1 is 1.30 bits per heavy atom. The number of hydrogen-bond donors (Lipinski definition) is 3. The zero-order valence-corrected chi connectivity index (χ0v) is 11.0. The molecule has 0 bridgehead atoms. The minimum absolute atomic E-state index is 0.0642. The highest BCUT2D eigenvalue weighted by Gasteiger charge is 2.21. The Balaban J connectivity index is 1.92. The van der Waals surface area contributed by atoms with E-state index < -0.39 is 5.97 Å². The highest BCUT2D eigenvalue weighted by Crippen LogP contribution is 2.13. The van der Waals surface area contributed by atoms with Gasteiger partial charge in [-0.3, -0.25) is 14.4 Å². The third-order valence-electron chi connectivity index (χ3n) is 3.19. The average molecular weight is 279 g/mol. The fourth-order valence-electron chi connectivity index (χ4n) is 2.12. The lowest BCUT2D eigenvalue weighted by Gasteiger charge is -2.13. The number of aliphatic carboxylic acids is 1. The zero-order chi connectivity index (χ0) is 14.5. The second-order valence-electron chi connectivity index (χ2n) is 4.70. The molecule has 0 saturated carbocycles. The molecule has 1 aliphatic rings. The molecular weight excluding hydrogens is 262 g/mol. The van der Waals surface area contributed by atoms with Crippen LogP contribution in [0.1, 0.15) is 40.1 Å². The van der Waals surface area contributed by atoms with Crippen molar-refractivity contribution in [3.8, 4) is 0 Å². The minimum atomic E-state index is -0.968. The molecule has 1 saturated heterocycles. The van der Waals surface area contributed by atoms with Crippen LogP contribution in [0, 0.1) is 0 Å². The van der Waals surface area contributed by atoms with Crippen LogP contribution < -0.4 is 5.32 Å². The van der Waals surface area contributed by atoms with Gasteiger partial charge in [0.25, 0.3) is 11.8 Å². The molecule has 2 amide bonds. The van der Waals surface area contributed by atoms with Gasteiger partial charge >= 0.3 is 5.97 Å². The number of carboxylic acid groups (broad SMARTS) is 1. The molecule has 2 rings (SSSR count). The van der Waals surface area contributed by atoms with Crippen molar-refractivity contribution < 1.29 is 19.5 Å². The predicted molar refractivity (Wildman–Crippen MR) is 70.5 cm³/mol. The number of nitrogens with zero attached hydrogens (tertiary/aromatic N) is 1. The first-order valence-corrected chi connectivity index (χ1v) is 6.55. The van der Waals surface area contributed by atoms with E-state index in [0.29, 0.717) is 11.3 Å². The van der Waals surface area contributed by atoms with E-state index in [0.717, 1.165) is 25.9 Å². The van der Waals surface area contributed by atoms with Gasteiger partial charge in [-0.2, -0.15) is 0 Å². The molecule has 7 heteroatoms. The number of likely N-dealkylation sites (tertiary alicyclic amines) is 1. The van der Waals surface area contributed by atoms with Crippen LogP contribution in [0.3, 0.4) is 0 Å². The molecule has 7 nitrogen and oxygen atoms in total. The maximum atomic E-state index is 12.1. The minimum Gasteiger partial charge on any atom is -0.481 e. The van der Waals surface area contributed by atoms with Gasteiger partial charge in [0.15, 0.2) is 0 Å². The summed E-state index contributed by atoms with van der Waals surface area (Å²) < 4.78 is 0. The van der Waals surface area contributed by atoms with Gasteiger partial charge in [-0.1, -0.05) is 0 Å². The van der Waals surface area contributed by atoms with Gasteiger partial charge in [0.1, 0.15) is 5.69 Å². The topological polar surface area (TPSA) is 102 Å². The maximum Gasteiger partial charge on any atom is 0.305 e. The Morgan fingerprint density at radius 3 is 2.65 bits per heavy atom. The largest absolute Gasteiger partial charge is 0.481 e. The SMILES string of the molecule is O=C(O)CCNC(=O)c1c[nH]c(C(=O)N2CCCC2)c1. The summed E-state index contributed by atoms with van der Waals surface area (Å²) in [5.41, 5.74) is 0.716. The fourth-order valence-corrected chi connectivity index (χ4v) is 2.12. The van der Waals surface area contributed by atoms with Crippen LogP contribution in [-0.4, -0.2) is 52.4 Å². The van der Waals surface area contributed by atoms with Gasteiger partial charge in [-0.05, 0) is 18.9 Å². The molecule has 0 spiro atoms. The molecule has 1 fully saturated rings. The first-order chi connectivity index (χ1) is 9.58. The summed E-state index contributed by atoms with van der Waals surface area (Å²) >= 11 is 0. The van der Waals surface area contributed by atoms with Gasteiger partial charge in [-0.25, -0.2) is 0 Å². The lowest BCUT2D eigenvalue weighted by Crippen LogP contribution is -2.28. The Morgan fingerprint density at radius 2 is 2.00 bits per heavy atom. The van der Waals surface area contributed by atoms with Crippen molar-refractivity contribution in [2.45, 2.75) is 19.3 Å². The first kappa shape index (κ1) is 14.1. The third-order valence-corrected chi connectivity index (χ3v) is 3.19. The molecule has 2 heterocycles. The number of carbonyl (C=O) groups excluding carboxylic acids is 2. The van der Waals surface area contributed by atoms with E-state index in [9.17, 15) is 14.4 Å². The number of rotatable bonds is 5. The molecule has 0 unspecified atom stereocenters. The van der Waals surface area contributed by atoms with Gasteiger partial charge < -0.3 is 20.3 Å². The van der Waals surface area contributed by atoms with Crippen molar-refractivity contribution in [1.29, 1.82) is 0 Å². The van der Waals surface area contributed by atoms with Gasteiger partial charge in [0.05, 0.1) is 12.0 Å². The van der Waals surface area contributed by atoms with Crippen molar-refractivity contribution >= 4 is 17.8 Å². The maximum absolute atomic E-state index is 12.1. The smallest absolute Gasteiger partial charge is 0.305 e. The Hall–Kier alpha value is -2.31. The quantitative estimate of drug-likeness (QED) is 0.728. The molecule has 3 N–H and O–H groups in total. The Kier molecular flexibility index (Phi) is 4.39.